The van der Waals surface area contributed by atoms with Crippen molar-refractivity contribution in [1.82, 2.24) is 14.8 Å². The molecule has 0 saturated carbocycles. The van der Waals surface area contributed by atoms with Crippen LogP contribution in [0.2, 0.25) is 5.02 Å². The molecule has 0 aliphatic heterocycles. The lowest BCUT2D eigenvalue weighted by Gasteiger charge is -2.05. The van der Waals surface area contributed by atoms with E-state index in [9.17, 15) is 4.39 Å². The van der Waals surface area contributed by atoms with Crippen molar-refractivity contribution >= 4 is 11.6 Å². The normalized spacial score (nSPS) is 10.8. The molecule has 0 unspecified atom stereocenters. The maximum atomic E-state index is 13.6. The van der Waals surface area contributed by atoms with Crippen LogP contribution in [-0.2, 0) is 20.1 Å². The quantitative estimate of drug-likeness (QED) is 0.908. The first-order valence-corrected chi connectivity index (χ1v) is 5.42. The first-order valence-electron chi connectivity index (χ1n) is 5.04. The van der Waals surface area contributed by atoms with Crippen LogP contribution in [-0.4, -0.2) is 19.9 Å². The molecule has 1 aromatic heterocycles. The highest BCUT2D eigenvalue weighted by Gasteiger charge is 2.13. The second kappa shape index (κ2) is 4.81. The molecule has 2 aromatic rings. The molecule has 17 heavy (non-hydrogen) atoms. The van der Waals surface area contributed by atoms with Crippen molar-refractivity contribution in [3.63, 3.8) is 0 Å². The summed E-state index contributed by atoms with van der Waals surface area (Å²) in [5, 5.41) is 17.0. The van der Waals surface area contributed by atoms with E-state index in [4.69, 9.17) is 16.7 Å². The number of benzene rings is 1. The molecule has 1 heterocycles. The third-order valence-electron chi connectivity index (χ3n) is 2.59. The number of nitrogens with zero attached hydrogens (tertiary/aromatic N) is 3. The average molecular weight is 256 g/mol. The lowest BCUT2D eigenvalue weighted by molar-refractivity contribution is 0.266. The highest BCUT2D eigenvalue weighted by molar-refractivity contribution is 6.31. The molecular weight excluding hydrogens is 245 g/mol. The Hall–Kier alpha value is -1.46. The summed E-state index contributed by atoms with van der Waals surface area (Å²) in [5.74, 6) is 0.625. The molecule has 1 aromatic carbocycles. The van der Waals surface area contributed by atoms with Gasteiger partial charge in [-0.3, -0.25) is 0 Å². The van der Waals surface area contributed by atoms with Crippen molar-refractivity contribution in [2.75, 3.05) is 0 Å². The van der Waals surface area contributed by atoms with Gasteiger partial charge in [0, 0.05) is 24.1 Å². The minimum Gasteiger partial charge on any atom is -0.388 e. The minimum absolute atomic E-state index is 0.200. The lowest BCUT2D eigenvalue weighted by Crippen LogP contribution is -2.04. The average Bonchev–Trinajstić information content (AvgIpc) is 2.65. The van der Waals surface area contributed by atoms with E-state index in [-0.39, 0.29) is 18.8 Å². The van der Waals surface area contributed by atoms with E-state index < -0.39 is 0 Å². The van der Waals surface area contributed by atoms with Crippen molar-refractivity contribution < 1.29 is 9.50 Å². The fraction of sp³-hybridized carbons (Fsp3) is 0.273. The zero-order valence-corrected chi connectivity index (χ0v) is 9.95. The molecule has 0 spiro atoms. The predicted octanol–water partition coefficient (Wildman–Crippen LogP) is 1.69. The van der Waals surface area contributed by atoms with E-state index >= 15 is 0 Å². The Kier molecular flexibility index (Phi) is 3.40. The van der Waals surface area contributed by atoms with E-state index in [1.54, 1.807) is 23.7 Å². The van der Waals surface area contributed by atoms with E-state index in [1.807, 2.05) is 0 Å². The molecule has 90 valence electrons. The van der Waals surface area contributed by atoms with E-state index in [0.717, 1.165) is 0 Å². The van der Waals surface area contributed by atoms with Crippen LogP contribution in [0.25, 0.3) is 0 Å². The molecule has 0 aliphatic rings. The van der Waals surface area contributed by atoms with E-state index in [1.165, 1.54) is 6.07 Å². The Labute approximate surface area is 103 Å². The van der Waals surface area contributed by atoms with Gasteiger partial charge in [-0.05, 0) is 12.1 Å². The summed E-state index contributed by atoms with van der Waals surface area (Å²) in [4.78, 5) is 0. The molecule has 0 atom stereocenters. The number of aliphatic hydroxyl groups excluding tert-OH is 1. The fourth-order valence-corrected chi connectivity index (χ4v) is 1.78. The van der Waals surface area contributed by atoms with E-state index in [0.29, 0.717) is 22.2 Å². The molecule has 0 saturated heterocycles. The molecule has 1 N–H and O–H groups in total. The van der Waals surface area contributed by atoms with Crippen LogP contribution in [0.15, 0.2) is 18.2 Å². The molecule has 0 amide bonds. The van der Waals surface area contributed by atoms with Crippen LogP contribution < -0.4 is 0 Å². The Morgan fingerprint density at radius 1 is 1.35 bits per heavy atom. The Morgan fingerprint density at radius 2 is 2.06 bits per heavy atom. The van der Waals surface area contributed by atoms with Crippen LogP contribution in [0.1, 0.15) is 17.2 Å². The van der Waals surface area contributed by atoms with Gasteiger partial charge in [0.15, 0.2) is 5.82 Å². The summed E-state index contributed by atoms with van der Waals surface area (Å²) in [6.45, 7) is -0.200. The maximum absolute atomic E-state index is 13.6. The van der Waals surface area contributed by atoms with Crippen molar-refractivity contribution in [2.45, 2.75) is 13.0 Å². The van der Waals surface area contributed by atoms with Crippen LogP contribution in [0.4, 0.5) is 4.39 Å². The Morgan fingerprint density at radius 3 is 2.65 bits per heavy atom. The fourth-order valence-electron chi connectivity index (χ4n) is 1.55. The van der Waals surface area contributed by atoms with Crippen LogP contribution >= 0.6 is 11.6 Å². The number of hydrogen-bond donors (Lipinski definition) is 1. The molecule has 6 heteroatoms. The van der Waals surface area contributed by atoms with Gasteiger partial charge in [0.05, 0.1) is 0 Å². The van der Waals surface area contributed by atoms with Crippen LogP contribution in [0, 0.1) is 5.82 Å². The first-order chi connectivity index (χ1) is 8.13. The standard InChI is InChI=1S/C11H11ClFN3O/c1-16-10(14-15-11(16)6-17)5-7-8(12)3-2-4-9(7)13/h2-4,17H,5-6H2,1H3. The zero-order chi connectivity index (χ0) is 12.4. The highest BCUT2D eigenvalue weighted by atomic mass is 35.5. The molecule has 0 radical (unpaired) electrons. The van der Waals surface area contributed by atoms with Gasteiger partial charge in [-0.15, -0.1) is 10.2 Å². The Balaban J connectivity index is 2.35. The monoisotopic (exact) mass is 255 g/mol. The highest BCUT2D eigenvalue weighted by Crippen LogP contribution is 2.21. The largest absolute Gasteiger partial charge is 0.388 e. The number of rotatable bonds is 3. The molecular formula is C11H11ClFN3O. The van der Waals surface area contributed by atoms with Gasteiger partial charge in [0.1, 0.15) is 18.2 Å². The van der Waals surface area contributed by atoms with Crippen LogP contribution in [0.5, 0.6) is 0 Å². The van der Waals surface area contributed by atoms with Gasteiger partial charge in [-0.25, -0.2) is 4.39 Å². The molecule has 2 rings (SSSR count). The summed E-state index contributed by atoms with van der Waals surface area (Å²) in [6.07, 6.45) is 0.245. The van der Waals surface area contributed by atoms with Gasteiger partial charge in [-0.2, -0.15) is 0 Å². The second-order valence-corrected chi connectivity index (χ2v) is 4.03. The van der Waals surface area contributed by atoms with Gasteiger partial charge >= 0.3 is 0 Å². The van der Waals surface area contributed by atoms with Gasteiger partial charge in [0.2, 0.25) is 0 Å². The number of hydrogen-bond acceptors (Lipinski definition) is 3. The summed E-state index contributed by atoms with van der Waals surface area (Å²) >= 11 is 5.93. The smallest absolute Gasteiger partial charge is 0.158 e. The van der Waals surface area contributed by atoms with Crippen molar-refractivity contribution in [1.29, 1.82) is 0 Å². The summed E-state index contributed by atoms with van der Waals surface area (Å²) in [5.41, 5.74) is 0.383. The summed E-state index contributed by atoms with van der Waals surface area (Å²) in [6, 6.07) is 4.53. The van der Waals surface area contributed by atoms with Crippen molar-refractivity contribution in [3.05, 3.63) is 46.3 Å². The molecule has 0 bridgehead atoms. The minimum atomic E-state index is -0.369. The Bertz CT molecular complexity index is 521. The van der Waals surface area contributed by atoms with Crippen molar-refractivity contribution in [3.8, 4) is 0 Å². The van der Waals surface area contributed by atoms with Crippen molar-refractivity contribution in [2.24, 2.45) is 7.05 Å². The van der Waals surface area contributed by atoms with Gasteiger partial charge < -0.3 is 9.67 Å². The third-order valence-corrected chi connectivity index (χ3v) is 2.95. The summed E-state index contributed by atoms with van der Waals surface area (Å²) in [7, 11) is 1.72. The topological polar surface area (TPSA) is 50.9 Å². The number of aliphatic hydroxyl groups is 1. The third kappa shape index (κ3) is 2.30. The molecule has 4 nitrogen and oxygen atoms in total. The molecule has 0 fully saturated rings. The number of aromatic nitrogens is 3. The lowest BCUT2D eigenvalue weighted by atomic mass is 10.1. The SMILES string of the molecule is Cn1c(CO)nnc1Cc1c(F)cccc1Cl. The number of halogens is 2. The van der Waals surface area contributed by atoms with Gasteiger partial charge in [-0.1, -0.05) is 17.7 Å². The van der Waals surface area contributed by atoms with Gasteiger partial charge in [0.25, 0.3) is 0 Å². The van der Waals surface area contributed by atoms with E-state index in [2.05, 4.69) is 10.2 Å². The second-order valence-electron chi connectivity index (χ2n) is 3.63. The van der Waals surface area contributed by atoms with Crippen LogP contribution in [0.3, 0.4) is 0 Å². The predicted molar refractivity (Wildman–Crippen MR) is 61.1 cm³/mol. The summed E-state index contributed by atoms with van der Waals surface area (Å²) < 4.78 is 15.2. The zero-order valence-electron chi connectivity index (χ0n) is 9.19. The molecule has 0 aliphatic carbocycles. The maximum Gasteiger partial charge on any atom is 0.158 e. The first kappa shape index (κ1) is 12.0.